The lowest BCUT2D eigenvalue weighted by Gasteiger charge is -2.25. The van der Waals surface area contributed by atoms with E-state index < -0.39 is 12.9 Å². The zero-order valence-electron chi connectivity index (χ0n) is 7.21. The van der Waals surface area contributed by atoms with Crippen molar-refractivity contribution in [1.82, 2.24) is 0 Å². The van der Waals surface area contributed by atoms with Crippen LogP contribution in [0.25, 0.3) is 0 Å². The fourth-order valence-corrected chi connectivity index (χ4v) is 1.43. The fourth-order valence-electron chi connectivity index (χ4n) is 0.944. The molecule has 4 N–H and O–H groups in total. The van der Waals surface area contributed by atoms with Crippen LogP contribution in [0.4, 0.5) is 0 Å². The number of rotatable bonds is 2. The highest BCUT2D eigenvalue weighted by Crippen LogP contribution is 2.52. The highest BCUT2D eigenvalue weighted by Gasteiger charge is 2.39. The Kier molecular flexibility index (Phi) is 2.59. The minimum absolute atomic E-state index is 0.434. The van der Waals surface area contributed by atoms with Crippen LogP contribution in [0, 0.1) is 0 Å². The van der Waals surface area contributed by atoms with Gasteiger partial charge in [0.05, 0.1) is 0 Å². The van der Waals surface area contributed by atoms with Gasteiger partial charge in [-0.05, 0) is 12.5 Å². The van der Waals surface area contributed by atoms with E-state index in [1.54, 1.807) is 30.3 Å². The molecule has 0 aliphatic carbocycles. The highest BCUT2D eigenvalue weighted by atomic mass is 31.2. The summed E-state index contributed by atoms with van der Waals surface area (Å²) in [7, 11) is -4.31. The number of nitrogens with two attached hydrogens (primary N) is 1. The van der Waals surface area contributed by atoms with E-state index in [-0.39, 0.29) is 0 Å². The van der Waals surface area contributed by atoms with Gasteiger partial charge in [0.15, 0.2) is 0 Å². The SMILES string of the molecule is C[C@](N)(c1ccccc1)P(=O)(O)O. The standard InChI is InChI=1S/C8H12NO3P/c1-8(9,13(10,11)12)7-5-3-2-4-6-7/h2-6H,9H2,1H3,(H2,10,11,12)/t8-/m1/s1. The lowest BCUT2D eigenvalue weighted by molar-refractivity contribution is 0.333. The van der Waals surface area contributed by atoms with Crippen LogP contribution in [0.1, 0.15) is 12.5 Å². The second-order valence-electron chi connectivity index (χ2n) is 3.06. The first kappa shape index (κ1) is 10.4. The third kappa shape index (κ3) is 1.98. The zero-order valence-corrected chi connectivity index (χ0v) is 8.11. The lowest BCUT2D eigenvalue weighted by atomic mass is 10.1. The number of benzene rings is 1. The van der Waals surface area contributed by atoms with Crippen molar-refractivity contribution in [1.29, 1.82) is 0 Å². The molecule has 0 radical (unpaired) electrons. The average Bonchev–Trinajstić information content (AvgIpc) is 2.04. The van der Waals surface area contributed by atoms with E-state index in [0.29, 0.717) is 5.56 Å². The molecule has 0 unspecified atom stereocenters. The smallest absolute Gasteiger partial charge is 0.323 e. The van der Waals surface area contributed by atoms with Gasteiger partial charge in [0, 0.05) is 0 Å². The van der Waals surface area contributed by atoms with Crippen molar-refractivity contribution in [2.45, 2.75) is 12.2 Å². The Hall–Kier alpha value is -0.670. The minimum Gasteiger partial charge on any atom is -0.323 e. The van der Waals surface area contributed by atoms with Crippen LogP contribution in [0.15, 0.2) is 30.3 Å². The Morgan fingerprint density at radius 1 is 1.31 bits per heavy atom. The Labute approximate surface area is 76.6 Å². The van der Waals surface area contributed by atoms with Gasteiger partial charge in [-0.15, -0.1) is 0 Å². The molecule has 0 heterocycles. The minimum atomic E-state index is -4.31. The van der Waals surface area contributed by atoms with Crippen LogP contribution in [-0.4, -0.2) is 9.79 Å². The lowest BCUT2D eigenvalue weighted by Crippen LogP contribution is -2.32. The Bertz CT molecular complexity index is 331. The topological polar surface area (TPSA) is 83.6 Å². The molecule has 5 heteroatoms. The van der Waals surface area contributed by atoms with Crippen molar-refractivity contribution in [3.63, 3.8) is 0 Å². The van der Waals surface area contributed by atoms with Gasteiger partial charge in [-0.2, -0.15) is 0 Å². The maximum Gasteiger partial charge on any atom is 0.349 e. The van der Waals surface area contributed by atoms with Crippen molar-refractivity contribution in [3.05, 3.63) is 35.9 Å². The van der Waals surface area contributed by atoms with Crippen molar-refractivity contribution < 1.29 is 14.4 Å². The van der Waals surface area contributed by atoms with E-state index in [4.69, 9.17) is 15.5 Å². The summed E-state index contributed by atoms with van der Waals surface area (Å²) >= 11 is 0. The van der Waals surface area contributed by atoms with Crippen LogP contribution in [0.5, 0.6) is 0 Å². The Balaban J connectivity index is 3.16. The van der Waals surface area contributed by atoms with Crippen molar-refractivity contribution in [2.75, 3.05) is 0 Å². The van der Waals surface area contributed by atoms with Gasteiger partial charge in [-0.3, -0.25) is 4.57 Å². The van der Waals surface area contributed by atoms with Gasteiger partial charge in [0.25, 0.3) is 0 Å². The first-order valence-electron chi connectivity index (χ1n) is 3.76. The van der Waals surface area contributed by atoms with Crippen molar-refractivity contribution >= 4 is 7.60 Å². The van der Waals surface area contributed by atoms with E-state index in [2.05, 4.69) is 0 Å². The summed E-state index contributed by atoms with van der Waals surface area (Å²) in [6.45, 7) is 1.32. The predicted molar refractivity (Wildman–Crippen MR) is 50.0 cm³/mol. The molecule has 0 fully saturated rings. The third-order valence-corrected chi connectivity index (χ3v) is 3.43. The molecule has 0 spiro atoms. The fraction of sp³-hybridized carbons (Fsp3) is 0.250. The first-order chi connectivity index (χ1) is 5.86. The van der Waals surface area contributed by atoms with Gasteiger partial charge in [0.1, 0.15) is 5.28 Å². The van der Waals surface area contributed by atoms with E-state index >= 15 is 0 Å². The highest BCUT2D eigenvalue weighted by molar-refractivity contribution is 7.53. The van der Waals surface area contributed by atoms with E-state index in [1.807, 2.05) is 0 Å². The second-order valence-corrected chi connectivity index (χ2v) is 5.07. The number of hydrogen-bond donors (Lipinski definition) is 3. The van der Waals surface area contributed by atoms with E-state index in [0.717, 1.165) is 0 Å². The van der Waals surface area contributed by atoms with Gasteiger partial charge in [-0.1, -0.05) is 30.3 Å². The molecule has 0 saturated carbocycles. The van der Waals surface area contributed by atoms with Crippen LogP contribution < -0.4 is 5.73 Å². The largest absolute Gasteiger partial charge is 0.349 e. The van der Waals surface area contributed by atoms with E-state index in [9.17, 15) is 4.57 Å². The molecule has 4 nitrogen and oxygen atoms in total. The Morgan fingerprint density at radius 3 is 2.15 bits per heavy atom. The average molecular weight is 201 g/mol. The molecule has 1 atom stereocenters. The van der Waals surface area contributed by atoms with Crippen molar-refractivity contribution in [3.8, 4) is 0 Å². The molecular formula is C8H12NO3P. The third-order valence-electron chi connectivity index (χ3n) is 1.96. The van der Waals surface area contributed by atoms with Gasteiger partial charge >= 0.3 is 7.60 Å². The summed E-state index contributed by atoms with van der Waals surface area (Å²) in [6.07, 6.45) is 0. The monoisotopic (exact) mass is 201 g/mol. The van der Waals surface area contributed by atoms with Crippen LogP contribution >= 0.6 is 7.60 Å². The summed E-state index contributed by atoms with van der Waals surface area (Å²) < 4.78 is 11.0. The molecule has 0 aromatic heterocycles. The quantitative estimate of drug-likeness (QED) is 0.623. The molecule has 1 rings (SSSR count). The summed E-state index contributed by atoms with van der Waals surface area (Å²) in [6, 6.07) is 8.34. The van der Waals surface area contributed by atoms with Gasteiger partial charge in [-0.25, -0.2) is 0 Å². The normalized spacial score (nSPS) is 16.6. The summed E-state index contributed by atoms with van der Waals surface area (Å²) in [5, 5.41) is -1.60. The van der Waals surface area contributed by atoms with Crippen LogP contribution in [-0.2, 0) is 9.85 Å². The first-order valence-corrected chi connectivity index (χ1v) is 5.37. The summed E-state index contributed by atoms with van der Waals surface area (Å²) in [4.78, 5) is 18.0. The molecular weight excluding hydrogens is 189 g/mol. The van der Waals surface area contributed by atoms with Crippen LogP contribution in [0.2, 0.25) is 0 Å². The molecule has 13 heavy (non-hydrogen) atoms. The molecule has 72 valence electrons. The molecule has 1 aromatic carbocycles. The van der Waals surface area contributed by atoms with E-state index in [1.165, 1.54) is 6.92 Å². The van der Waals surface area contributed by atoms with Gasteiger partial charge in [0.2, 0.25) is 0 Å². The maximum absolute atomic E-state index is 11.0. The molecule has 0 aliphatic rings. The van der Waals surface area contributed by atoms with Crippen molar-refractivity contribution in [2.24, 2.45) is 5.73 Å². The maximum atomic E-state index is 11.0. The molecule has 0 saturated heterocycles. The molecule has 0 amide bonds. The zero-order chi connectivity index (χ0) is 10.1. The molecule has 1 aromatic rings. The summed E-state index contributed by atoms with van der Waals surface area (Å²) in [5.41, 5.74) is 5.99. The molecule has 0 bridgehead atoms. The Morgan fingerprint density at radius 2 is 1.77 bits per heavy atom. The van der Waals surface area contributed by atoms with Gasteiger partial charge < -0.3 is 15.5 Å². The number of hydrogen-bond acceptors (Lipinski definition) is 2. The summed E-state index contributed by atoms with van der Waals surface area (Å²) in [5.74, 6) is 0. The molecule has 0 aliphatic heterocycles. The predicted octanol–water partition coefficient (Wildman–Crippen LogP) is 0.996. The second kappa shape index (κ2) is 3.24. The van der Waals surface area contributed by atoms with Crippen LogP contribution in [0.3, 0.4) is 0 Å².